The molecule has 11 nitrogen and oxygen atoms in total. The van der Waals surface area contributed by atoms with Gasteiger partial charge < -0.3 is 37.9 Å². The van der Waals surface area contributed by atoms with E-state index < -0.39 is 101 Å². The highest BCUT2D eigenvalue weighted by atomic mass is 35.6. The molecule has 0 saturated heterocycles. The number of hydrogen-bond donors (Lipinski definition) is 0. The van der Waals surface area contributed by atoms with Crippen LogP contribution in [0.15, 0.2) is 158 Å². The monoisotopic (exact) mass is 958 g/mol. The molecule has 7 rings (SSSR count). The Morgan fingerprint density at radius 2 is 0.879 bits per heavy atom. The number of alkyl halides is 3. The second-order valence-electron chi connectivity index (χ2n) is 16.4. The van der Waals surface area contributed by atoms with Gasteiger partial charge in [-0.2, -0.15) is 0 Å². The maximum Gasteiger partial charge on any atom is 0.336 e. The van der Waals surface area contributed by atoms with Crippen molar-refractivity contribution in [2.24, 2.45) is 0 Å². The molecule has 0 aromatic heterocycles. The molecule has 0 aliphatic carbocycles. The van der Waals surface area contributed by atoms with Gasteiger partial charge in [0.15, 0.2) is 18.3 Å². The number of benzene rings is 4. The molecule has 0 N–H and O–H groups in total. The van der Waals surface area contributed by atoms with Crippen LogP contribution in [-0.2, 0) is 58.9 Å². The first kappa shape index (κ1) is 49.1. The van der Waals surface area contributed by atoms with Crippen molar-refractivity contribution >= 4 is 52.7 Å². The number of ether oxygens (including phenoxy) is 8. The van der Waals surface area contributed by atoms with Crippen LogP contribution in [0.3, 0.4) is 0 Å². The third kappa shape index (κ3) is 13.2. The lowest BCUT2D eigenvalue weighted by molar-refractivity contribution is -0.188. The van der Waals surface area contributed by atoms with Gasteiger partial charge >= 0.3 is 17.9 Å². The Balaban J connectivity index is 1.03. The molecular formula is C52H53Cl3O11. The van der Waals surface area contributed by atoms with Gasteiger partial charge in [0.05, 0.1) is 12.7 Å². The Hall–Kier alpha value is -4.82. The van der Waals surface area contributed by atoms with Crippen LogP contribution >= 0.6 is 34.8 Å². The second kappa shape index (κ2) is 23.3. The Kier molecular flexibility index (Phi) is 17.3. The van der Waals surface area contributed by atoms with Gasteiger partial charge in [0.1, 0.15) is 43.9 Å². The van der Waals surface area contributed by atoms with E-state index in [1.54, 1.807) is 26.0 Å². The van der Waals surface area contributed by atoms with Gasteiger partial charge in [0.2, 0.25) is 3.79 Å². The Labute approximate surface area is 400 Å². The van der Waals surface area contributed by atoms with E-state index >= 15 is 0 Å². The third-order valence-electron chi connectivity index (χ3n) is 11.6. The first-order valence-corrected chi connectivity index (χ1v) is 23.0. The molecule has 0 unspecified atom stereocenters. The quantitative estimate of drug-likeness (QED) is 0.0251. The summed E-state index contributed by atoms with van der Waals surface area (Å²) in [5.41, 5.74) is 3.50. The van der Waals surface area contributed by atoms with Crippen LogP contribution in [0.25, 0.3) is 0 Å². The SMILES string of the molecule is C[C@H](OCOCc1ccccc1)[C@H]1C=C[C@@H](c2ccccc2)[C@@H](C(=O)O[C@@H](C)[C@H]2C=C[C@@H](c3ccccc3)[C@@H](C(=O)O[C@@H](C)[C@H]3C=C[C@@H](c4ccccc4)[C@@H](C(=O)OCC(Cl)(Cl)Cl)O3)O2)O1. The van der Waals surface area contributed by atoms with Crippen molar-refractivity contribution in [1.29, 1.82) is 0 Å². The van der Waals surface area contributed by atoms with E-state index in [2.05, 4.69) is 0 Å². The standard InChI is InChI=1S/C52H53Cl3O11/c1-33(61-32-59-30-36-16-8-4-9-17-36)43-27-24-41(38-20-12-6-13-21-38)47(64-43)50(57)63-35(3)45-29-26-42(39-22-14-7-15-23-39)48(66-45)51(58)62-34(2)44-28-25-40(37-18-10-5-11-19-37)46(65-44)49(56)60-31-52(53,54)55/h4-29,33-35,40-48H,30-32H2,1-3H3/t33-,34-,35-,40-,41-,42-,43+,44+,45+,46-,47-,48-/m0/s1. The van der Waals surface area contributed by atoms with Crippen LogP contribution in [0.2, 0.25) is 0 Å². The van der Waals surface area contributed by atoms with Crippen LogP contribution in [0, 0.1) is 0 Å². The van der Waals surface area contributed by atoms with E-state index in [1.807, 2.05) is 153 Å². The second-order valence-corrected chi connectivity index (χ2v) is 18.9. The zero-order valence-corrected chi connectivity index (χ0v) is 39.0. The van der Waals surface area contributed by atoms with Crippen molar-refractivity contribution in [3.05, 3.63) is 180 Å². The Morgan fingerprint density at radius 1 is 0.515 bits per heavy atom. The molecule has 3 aliphatic heterocycles. The predicted molar refractivity (Wildman–Crippen MR) is 250 cm³/mol. The maximum atomic E-state index is 14.3. The average Bonchev–Trinajstić information content (AvgIpc) is 3.34. The zero-order chi connectivity index (χ0) is 46.6. The molecule has 0 fully saturated rings. The molecule has 4 aromatic carbocycles. The van der Waals surface area contributed by atoms with Crippen molar-refractivity contribution in [1.82, 2.24) is 0 Å². The number of esters is 3. The van der Waals surface area contributed by atoms with Crippen molar-refractivity contribution in [3.8, 4) is 0 Å². The van der Waals surface area contributed by atoms with Gasteiger partial charge in [0, 0.05) is 17.8 Å². The fourth-order valence-corrected chi connectivity index (χ4v) is 8.20. The number of hydrogen-bond acceptors (Lipinski definition) is 11. The summed E-state index contributed by atoms with van der Waals surface area (Å²) in [7, 11) is 0. The molecular weight excluding hydrogens is 907 g/mol. The van der Waals surface area contributed by atoms with Crippen molar-refractivity contribution in [2.45, 2.75) is 104 Å². The van der Waals surface area contributed by atoms with Gasteiger partial charge in [-0.25, -0.2) is 14.4 Å². The summed E-state index contributed by atoms with van der Waals surface area (Å²) >= 11 is 17.7. The van der Waals surface area contributed by atoms with E-state index in [4.69, 9.17) is 72.7 Å². The lowest BCUT2D eigenvalue weighted by Crippen LogP contribution is -2.47. The third-order valence-corrected chi connectivity index (χ3v) is 11.9. The fourth-order valence-electron chi connectivity index (χ4n) is 8.03. The molecule has 3 heterocycles. The number of rotatable bonds is 17. The van der Waals surface area contributed by atoms with Crippen LogP contribution < -0.4 is 0 Å². The first-order chi connectivity index (χ1) is 31.8. The topological polar surface area (TPSA) is 125 Å². The molecule has 12 atom stereocenters. The highest BCUT2D eigenvalue weighted by molar-refractivity contribution is 6.67. The summed E-state index contributed by atoms with van der Waals surface area (Å²) in [5, 5.41) is 0. The lowest BCUT2D eigenvalue weighted by Gasteiger charge is -2.37. The minimum Gasteiger partial charge on any atom is -0.459 e. The normalized spacial score (nSPS) is 26.4. The van der Waals surface area contributed by atoms with Gasteiger partial charge in [-0.3, -0.25) is 0 Å². The molecule has 66 heavy (non-hydrogen) atoms. The summed E-state index contributed by atoms with van der Waals surface area (Å²) in [5.74, 6) is -3.56. The van der Waals surface area contributed by atoms with Crippen LogP contribution in [0.4, 0.5) is 0 Å². The minimum absolute atomic E-state index is 0.0313. The molecule has 0 radical (unpaired) electrons. The summed E-state index contributed by atoms with van der Waals surface area (Å²) in [6.07, 6.45) is 3.26. The highest BCUT2D eigenvalue weighted by Crippen LogP contribution is 2.36. The van der Waals surface area contributed by atoms with Gasteiger partial charge in [-0.1, -0.05) is 193 Å². The van der Waals surface area contributed by atoms with E-state index in [1.165, 1.54) is 0 Å². The summed E-state index contributed by atoms with van der Waals surface area (Å²) < 4.78 is 46.7. The van der Waals surface area contributed by atoms with Crippen LogP contribution in [-0.4, -0.2) is 90.0 Å². The summed E-state index contributed by atoms with van der Waals surface area (Å²) in [6, 6.07) is 38.1. The van der Waals surface area contributed by atoms with Gasteiger partial charge in [0.25, 0.3) is 0 Å². The van der Waals surface area contributed by atoms with Crippen LogP contribution in [0.5, 0.6) is 0 Å². The average molecular weight is 960 g/mol. The van der Waals surface area contributed by atoms with Gasteiger partial charge in [-0.15, -0.1) is 0 Å². The molecule has 14 heteroatoms. The van der Waals surface area contributed by atoms with E-state index in [0.717, 1.165) is 22.3 Å². The minimum atomic E-state index is -1.83. The maximum absolute atomic E-state index is 14.3. The molecule has 0 saturated carbocycles. The Bertz CT molecular complexity index is 2270. The number of carbonyl (C=O) groups is 3. The molecule has 4 aromatic rings. The molecule has 0 spiro atoms. The largest absolute Gasteiger partial charge is 0.459 e. The Morgan fingerprint density at radius 3 is 1.27 bits per heavy atom. The fraction of sp³-hybridized carbons (Fsp3) is 0.365. The van der Waals surface area contributed by atoms with E-state index in [9.17, 15) is 14.4 Å². The summed E-state index contributed by atoms with van der Waals surface area (Å²) in [4.78, 5) is 41.9. The first-order valence-electron chi connectivity index (χ1n) is 21.9. The van der Waals surface area contributed by atoms with Crippen molar-refractivity contribution in [2.75, 3.05) is 13.4 Å². The number of halogens is 3. The van der Waals surface area contributed by atoms with Crippen molar-refractivity contribution in [3.63, 3.8) is 0 Å². The van der Waals surface area contributed by atoms with Gasteiger partial charge in [-0.05, 0) is 43.0 Å². The number of carbonyl (C=O) groups excluding carboxylic acids is 3. The van der Waals surface area contributed by atoms with E-state index in [0.29, 0.717) is 6.61 Å². The molecule has 0 amide bonds. The molecule has 348 valence electrons. The zero-order valence-electron chi connectivity index (χ0n) is 36.7. The van der Waals surface area contributed by atoms with E-state index in [-0.39, 0.29) is 6.79 Å². The smallest absolute Gasteiger partial charge is 0.336 e. The summed E-state index contributed by atoms with van der Waals surface area (Å²) in [6.45, 7) is 5.16. The molecule has 0 bridgehead atoms. The lowest BCUT2D eigenvalue weighted by atomic mass is 9.89. The van der Waals surface area contributed by atoms with Crippen molar-refractivity contribution < 1.29 is 52.3 Å². The predicted octanol–water partition coefficient (Wildman–Crippen LogP) is 9.66. The molecule has 3 aliphatic rings. The highest BCUT2D eigenvalue weighted by Gasteiger charge is 2.43. The van der Waals surface area contributed by atoms with Crippen LogP contribution in [0.1, 0.15) is 60.8 Å².